The largest absolute Gasteiger partial charge is 0.379 e. The molecule has 0 amide bonds. The first-order valence-corrected chi connectivity index (χ1v) is 8.73. The van der Waals surface area contributed by atoms with Crippen LogP contribution in [-0.2, 0) is 11.3 Å². The van der Waals surface area contributed by atoms with Crippen LogP contribution in [0, 0.1) is 0 Å². The van der Waals surface area contributed by atoms with Crippen LogP contribution >= 0.6 is 0 Å². The van der Waals surface area contributed by atoms with Crippen molar-refractivity contribution in [3.8, 4) is 0 Å². The monoisotopic (exact) mass is 318 g/mol. The van der Waals surface area contributed by atoms with Gasteiger partial charge in [-0.05, 0) is 36.2 Å². The number of anilines is 1. The summed E-state index contributed by atoms with van der Waals surface area (Å²) in [6.07, 6.45) is 1.20. The number of nitrogens with two attached hydrogens (primary N) is 1. The highest BCUT2D eigenvalue weighted by molar-refractivity contribution is 5.52. The van der Waals surface area contributed by atoms with Crippen molar-refractivity contribution in [2.75, 3.05) is 64.9 Å². The molecule has 1 saturated heterocycles. The van der Waals surface area contributed by atoms with Crippen LogP contribution in [0.4, 0.5) is 5.69 Å². The van der Waals surface area contributed by atoms with Crippen molar-refractivity contribution < 1.29 is 4.74 Å². The van der Waals surface area contributed by atoms with Crippen LogP contribution in [-0.4, -0.2) is 69.8 Å². The van der Waals surface area contributed by atoms with E-state index in [1.807, 2.05) is 0 Å². The molecule has 0 aliphatic carbocycles. The van der Waals surface area contributed by atoms with Crippen molar-refractivity contribution in [2.24, 2.45) is 5.73 Å². The van der Waals surface area contributed by atoms with Gasteiger partial charge in [-0.25, -0.2) is 0 Å². The molecule has 23 heavy (non-hydrogen) atoms. The first-order chi connectivity index (χ1) is 11.2. The number of ether oxygens (including phenoxy) is 1. The lowest BCUT2D eigenvalue weighted by Crippen LogP contribution is -2.38. The fourth-order valence-corrected chi connectivity index (χ4v) is 3.67. The topological polar surface area (TPSA) is 45.0 Å². The summed E-state index contributed by atoms with van der Waals surface area (Å²) < 4.78 is 5.41. The van der Waals surface area contributed by atoms with Gasteiger partial charge in [0, 0.05) is 58.5 Å². The number of nitrogens with zero attached hydrogens (tertiary/aromatic N) is 3. The standard InChI is InChI=1S/C18H30N4O/c1-20(2)16-5-4-15-14-22(18(13-19)17(15)12-16)7-3-6-21-8-10-23-11-9-21/h4-5,12,18H,3,6-11,13-14,19H2,1-2H3. The molecule has 0 radical (unpaired) electrons. The number of fused-ring (bicyclic) bond motifs is 1. The smallest absolute Gasteiger partial charge is 0.0594 e. The number of benzene rings is 1. The van der Waals surface area contributed by atoms with E-state index in [4.69, 9.17) is 10.5 Å². The first-order valence-electron chi connectivity index (χ1n) is 8.73. The summed E-state index contributed by atoms with van der Waals surface area (Å²) in [7, 11) is 4.18. The predicted molar refractivity (Wildman–Crippen MR) is 94.9 cm³/mol. The Bertz CT molecular complexity index is 514. The third kappa shape index (κ3) is 3.86. The van der Waals surface area contributed by atoms with Crippen molar-refractivity contribution >= 4 is 5.69 Å². The summed E-state index contributed by atoms with van der Waals surface area (Å²) in [6.45, 7) is 7.93. The quantitative estimate of drug-likeness (QED) is 0.856. The highest BCUT2D eigenvalue weighted by Gasteiger charge is 2.29. The Morgan fingerprint density at radius 1 is 1.22 bits per heavy atom. The molecule has 1 unspecified atom stereocenters. The second kappa shape index (κ2) is 7.62. The average Bonchev–Trinajstić information content (AvgIpc) is 2.92. The van der Waals surface area contributed by atoms with Crippen LogP contribution in [0.1, 0.15) is 23.6 Å². The van der Waals surface area contributed by atoms with E-state index in [0.29, 0.717) is 12.6 Å². The minimum absolute atomic E-state index is 0.370. The molecule has 1 aromatic carbocycles. The van der Waals surface area contributed by atoms with Gasteiger partial charge in [-0.1, -0.05) is 6.07 Å². The van der Waals surface area contributed by atoms with Gasteiger partial charge in [0.15, 0.2) is 0 Å². The Labute approximate surface area is 140 Å². The summed E-state index contributed by atoms with van der Waals surface area (Å²) in [5.74, 6) is 0. The number of morpholine rings is 1. The Morgan fingerprint density at radius 2 is 2.00 bits per heavy atom. The molecule has 0 bridgehead atoms. The molecule has 1 atom stereocenters. The van der Waals surface area contributed by atoms with Crippen molar-refractivity contribution in [2.45, 2.75) is 19.0 Å². The number of rotatable bonds is 6. The molecular formula is C18H30N4O. The lowest BCUT2D eigenvalue weighted by atomic mass is 10.0. The molecule has 5 heteroatoms. The molecule has 128 valence electrons. The lowest BCUT2D eigenvalue weighted by molar-refractivity contribution is 0.0355. The fourth-order valence-electron chi connectivity index (χ4n) is 3.67. The van der Waals surface area contributed by atoms with Crippen LogP contribution in [0.5, 0.6) is 0 Å². The van der Waals surface area contributed by atoms with Crippen LogP contribution in [0.2, 0.25) is 0 Å². The van der Waals surface area contributed by atoms with Gasteiger partial charge in [0.2, 0.25) is 0 Å². The van der Waals surface area contributed by atoms with E-state index in [1.54, 1.807) is 0 Å². The molecule has 2 aliphatic heterocycles. The van der Waals surface area contributed by atoms with Gasteiger partial charge in [-0.15, -0.1) is 0 Å². The first kappa shape index (κ1) is 16.7. The van der Waals surface area contributed by atoms with Crippen molar-refractivity contribution in [1.29, 1.82) is 0 Å². The Balaban J connectivity index is 1.58. The molecule has 0 aromatic heterocycles. The van der Waals surface area contributed by atoms with Gasteiger partial charge in [0.25, 0.3) is 0 Å². The van der Waals surface area contributed by atoms with Crippen molar-refractivity contribution in [3.05, 3.63) is 29.3 Å². The van der Waals surface area contributed by atoms with Crippen LogP contribution in [0.3, 0.4) is 0 Å². The van der Waals surface area contributed by atoms with E-state index < -0.39 is 0 Å². The second-order valence-corrected chi connectivity index (χ2v) is 6.81. The molecule has 1 fully saturated rings. The van der Waals surface area contributed by atoms with Crippen molar-refractivity contribution in [1.82, 2.24) is 9.80 Å². The maximum absolute atomic E-state index is 6.10. The zero-order chi connectivity index (χ0) is 16.2. The molecule has 2 aliphatic rings. The van der Waals surface area contributed by atoms with Crippen LogP contribution < -0.4 is 10.6 Å². The zero-order valence-electron chi connectivity index (χ0n) is 14.5. The van der Waals surface area contributed by atoms with E-state index in [1.165, 1.54) is 23.2 Å². The minimum Gasteiger partial charge on any atom is -0.379 e. The maximum atomic E-state index is 6.10. The maximum Gasteiger partial charge on any atom is 0.0594 e. The third-order valence-electron chi connectivity index (χ3n) is 5.07. The van der Waals surface area contributed by atoms with Crippen molar-refractivity contribution in [3.63, 3.8) is 0 Å². The Kier molecular flexibility index (Phi) is 5.54. The highest BCUT2D eigenvalue weighted by atomic mass is 16.5. The Hall–Kier alpha value is -1.14. The zero-order valence-corrected chi connectivity index (χ0v) is 14.5. The highest BCUT2D eigenvalue weighted by Crippen LogP contribution is 2.35. The van der Waals surface area contributed by atoms with E-state index in [9.17, 15) is 0 Å². The van der Waals surface area contributed by atoms with E-state index in [2.05, 4.69) is 47.0 Å². The SMILES string of the molecule is CN(C)c1ccc2c(c1)C(CN)N(CCCN1CCOCC1)C2. The average molecular weight is 318 g/mol. The molecule has 0 spiro atoms. The van der Waals surface area contributed by atoms with Gasteiger partial charge < -0.3 is 15.4 Å². The van der Waals surface area contributed by atoms with E-state index in [-0.39, 0.29) is 0 Å². The van der Waals surface area contributed by atoms with Gasteiger partial charge >= 0.3 is 0 Å². The predicted octanol–water partition coefficient (Wildman–Crippen LogP) is 1.29. The molecule has 1 aromatic rings. The molecule has 5 nitrogen and oxygen atoms in total. The molecule has 2 N–H and O–H groups in total. The summed E-state index contributed by atoms with van der Waals surface area (Å²) in [5, 5.41) is 0. The van der Waals surface area contributed by atoms with Gasteiger partial charge in [0.1, 0.15) is 0 Å². The van der Waals surface area contributed by atoms with Crippen LogP contribution in [0.25, 0.3) is 0 Å². The minimum atomic E-state index is 0.370. The number of hydrogen-bond donors (Lipinski definition) is 1. The third-order valence-corrected chi connectivity index (χ3v) is 5.07. The van der Waals surface area contributed by atoms with E-state index >= 15 is 0 Å². The molecule has 2 heterocycles. The lowest BCUT2D eigenvalue weighted by Gasteiger charge is -2.29. The summed E-state index contributed by atoms with van der Waals surface area (Å²) in [6, 6.07) is 7.17. The molecular weight excluding hydrogens is 288 g/mol. The van der Waals surface area contributed by atoms with Gasteiger partial charge in [-0.3, -0.25) is 9.80 Å². The normalized spacial score (nSPS) is 22.3. The fraction of sp³-hybridized carbons (Fsp3) is 0.667. The number of hydrogen-bond acceptors (Lipinski definition) is 5. The van der Waals surface area contributed by atoms with E-state index in [0.717, 1.165) is 45.9 Å². The molecule has 3 rings (SSSR count). The van der Waals surface area contributed by atoms with Crippen LogP contribution in [0.15, 0.2) is 18.2 Å². The summed E-state index contributed by atoms with van der Waals surface area (Å²) >= 11 is 0. The summed E-state index contributed by atoms with van der Waals surface area (Å²) in [5.41, 5.74) is 10.2. The van der Waals surface area contributed by atoms with Gasteiger partial charge in [0.05, 0.1) is 13.2 Å². The Morgan fingerprint density at radius 3 is 2.70 bits per heavy atom. The molecule has 0 saturated carbocycles. The van der Waals surface area contributed by atoms with Gasteiger partial charge in [-0.2, -0.15) is 0 Å². The summed E-state index contributed by atoms with van der Waals surface area (Å²) in [4.78, 5) is 7.22. The second-order valence-electron chi connectivity index (χ2n) is 6.81.